The zero-order valence-electron chi connectivity index (χ0n) is 18.8. The molecule has 0 aromatic heterocycles. The van der Waals surface area contributed by atoms with Gasteiger partial charge in [0.2, 0.25) is 6.41 Å². The van der Waals surface area contributed by atoms with Gasteiger partial charge in [0.05, 0.1) is 12.6 Å². The fraction of sp³-hybridized carbons (Fsp3) is 0.609. The van der Waals surface area contributed by atoms with Gasteiger partial charge in [0.25, 0.3) is 0 Å². The lowest BCUT2D eigenvalue weighted by atomic mass is 9.85. The molecular formula is C23H38N4O4. The third-order valence-corrected chi connectivity index (χ3v) is 5.64. The van der Waals surface area contributed by atoms with E-state index < -0.39 is 11.8 Å². The number of ether oxygens (including phenoxy) is 1. The second-order valence-electron chi connectivity index (χ2n) is 8.16. The summed E-state index contributed by atoms with van der Waals surface area (Å²) in [6, 6.07) is 8.70. The number of benzene rings is 1. The minimum absolute atomic E-state index is 0.318. The van der Waals surface area contributed by atoms with E-state index in [1.807, 2.05) is 6.07 Å². The van der Waals surface area contributed by atoms with Crippen LogP contribution < -0.4 is 22.1 Å². The molecule has 3 amide bonds. The predicted octanol–water partition coefficient (Wildman–Crippen LogP) is 1.97. The summed E-state index contributed by atoms with van der Waals surface area (Å²) in [5.74, 6) is -0.675. The summed E-state index contributed by atoms with van der Waals surface area (Å²) >= 11 is 0. The van der Waals surface area contributed by atoms with Crippen LogP contribution in [0.4, 0.5) is 5.69 Å². The number of nitrogens with one attached hydrogen (secondary N) is 2. The Morgan fingerprint density at radius 3 is 2.32 bits per heavy atom. The number of nitrogens with two attached hydrogens (primary N) is 2. The van der Waals surface area contributed by atoms with Gasteiger partial charge in [0.15, 0.2) is 0 Å². The summed E-state index contributed by atoms with van der Waals surface area (Å²) in [5.41, 5.74) is 11.2. The molecule has 2 atom stereocenters. The van der Waals surface area contributed by atoms with Gasteiger partial charge in [-0.1, -0.05) is 57.2 Å². The standard InChI is InChI=1S/C14H20N2O2.C7H14.C2H4N2O2/c1-18-9-14-12(6-7-15-10-17)8-11-4-2-3-5-13(11)16-14;1-7-5-3-2-4-6-7;3-1(5)2(4)6/h2-5,10,12,14,16H,6-9H2,1H3,(H,15,17);7H,2-6H2,1H3;(H2,3,5)(H2,4,6)/t12-,14-;;/m0../s1. The van der Waals surface area contributed by atoms with Gasteiger partial charge in [0.1, 0.15) is 0 Å². The van der Waals surface area contributed by atoms with Crippen molar-refractivity contribution in [3.63, 3.8) is 0 Å². The molecule has 8 heteroatoms. The molecule has 0 unspecified atom stereocenters. The molecule has 1 aromatic rings. The molecule has 8 nitrogen and oxygen atoms in total. The predicted molar refractivity (Wildman–Crippen MR) is 122 cm³/mol. The highest BCUT2D eigenvalue weighted by Crippen LogP contribution is 2.30. The monoisotopic (exact) mass is 434 g/mol. The SMILES string of the molecule is CC1CCCCC1.COC[C@@H]1Nc2ccccc2C[C@@H]1CCNC=O.NC(=O)C(N)=O. The van der Waals surface area contributed by atoms with E-state index in [2.05, 4.69) is 47.2 Å². The highest BCUT2D eigenvalue weighted by atomic mass is 16.5. The molecule has 174 valence electrons. The van der Waals surface area contributed by atoms with Crippen molar-refractivity contribution in [1.29, 1.82) is 0 Å². The number of carbonyl (C=O) groups excluding carboxylic acids is 3. The largest absolute Gasteiger partial charge is 0.383 e. The van der Waals surface area contributed by atoms with Gasteiger partial charge in [-0.25, -0.2) is 0 Å². The highest BCUT2D eigenvalue weighted by Gasteiger charge is 2.27. The van der Waals surface area contributed by atoms with Crippen molar-refractivity contribution in [1.82, 2.24) is 5.32 Å². The van der Waals surface area contributed by atoms with Gasteiger partial charge in [0, 0.05) is 19.3 Å². The van der Waals surface area contributed by atoms with Crippen LogP contribution in [-0.2, 0) is 25.5 Å². The molecule has 0 saturated heterocycles. The lowest BCUT2D eigenvalue weighted by molar-refractivity contribution is -0.135. The molecule has 0 radical (unpaired) electrons. The van der Waals surface area contributed by atoms with Crippen LogP contribution in [0.25, 0.3) is 0 Å². The summed E-state index contributed by atoms with van der Waals surface area (Å²) in [6.07, 6.45) is 10.2. The molecule has 1 aromatic carbocycles. The summed E-state index contributed by atoms with van der Waals surface area (Å²) in [4.78, 5) is 29.2. The second-order valence-corrected chi connectivity index (χ2v) is 8.16. The van der Waals surface area contributed by atoms with Gasteiger partial charge in [-0.15, -0.1) is 0 Å². The Labute approximate surface area is 185 Å². The quantitative estimate of drug-likeness (QED) is 0.308. The Morgan fingerprint density at radius 2 is 1.81 bits per heavy atom. The van der Waals surface area contributed by atoms with E-state index in [9.17, 15) is 14.4 Å². The van der Waals surface area contributed by atoms with Crippen molar-refractivity contribution in [2.75, 3.05) is 25.6 Å². The molecule has 2 aliphatic rings. The average Bonchev–Trinajstić information content (AvgIpc) is 2.76. The van der Waals surface area contributed by atoms with E-state index in [-0.39, 0.29) is 0 Å². The molecular weight excluding hydrogens is 396 g/mol. The topological polar surface area (TPSA) is 137 Å². The summed E-state index contributed by atoms with van der Waals surface area (Å²) in [6.45, 7) is 3.78. The molecule has 1 saturated carbocycles. The molecule has 1 aliphatic heterocycles. The number of hydrogen-bond donors (Lipinski definition) is 4. The van der Waals surface area contributed by atoms with Crippen LogP contribution in [0.15, 0.2) is 24.3 Å². The van der Waals surface area contributed by atoms with Crippen molar-refractivity contribution in [3.05, 3.63) is 29.8 Å². The number of rotatable bonds is 6. The minimum atomic E-state index is -1.10. The van der Waals surface area contributed by atoms with E-state index in [0.717, 1.165) is 31.7 Å². The minimum Gasteiger partial charge on any atom is -0.383 e. The van der Waals surface area contributed by atoms with Crippen LogP contribution >= 0.6 is 0 Å². The number of anilines is 1. The van der Waals surface area contributed by atoms with Crippen LogP contribution in [0.2, 0.25) is 0 Å². The maximum absolute atomic E-state index is 10.3. The first-order valence-corrected chi connectivity index (χ1v) is 11.0. The molecule has 31 heavy (non-hydrogen) atoms. The lowest BCUT2D eigenvalue weighted by Gasteiger charge is -2.34. The first kappa shape index (κ1) is 26.4. The number of fused-ring (bicyclic) bond motifs is 1. The van der Waals surface area contributed by atoms with Crippen LogP contribution in [-0.4, -0.2) is 44.5 Å². The van der Waals surface area contributed by atoms with Crippen molar-refractivity contribution < 1.29 is 19.1 Å². The van der Waals surface area contributed by atoms with Crippen LogP contribution in [0.3, 0.4) is 0 Å². The second kappa shape index (κ2) is 15.2. The van der Waals surface area contributed by atoms with Gasteiger partial charge in [-0.2, -0.15) is 0 Å². The number of primary amides is 2. The van der Waals surface area contributed by atoms with E-state index in [1.54, 1.807) is 7.11 Å². The highest BCUT2D eigenvalue weighted by molar-refractivity contribution is 6.33. The zero-order chi connectivity index (χ0) is 23.1. The lowest BCUT2D eigenvalue weighted by Crippen LogP contribution is -2.39. The van der Waals surface area contributed by atoms with Gasteiger partial charge < -0.3 is 26.8 Å². The Bertz CT molecular complexity index is 665. The Balaban J connectivity index is 0.000000303. The number of methoxy groups -OCH3 is 1. The first-order valence-electron chi connectivity index (χ1n) is 11.0. The van der Waals surface area contributed by atoms with E-state index in [0.29, 0.717) is 18.6 Å². The summed E-state index contributed by atoms with van der Waals surface area (Å²) in [7, 11) is 1.73. The van der Waals surface area contributed by atoms with Crippen molar-refractivity contribution >= 4 is 23.9 Å². The molecule has 1 heterocycles. The van der Waals surface area contributed by atoms with Gasteiger partial charge in [-0.3, -0.25) is 14.4 Å². The molecule has 1 aliphatic carbocycles. The third-order valence-electron chi connectivity index (χ3n) is 5.64. The van der Waals surface area contributed by atoms with Crippen LogP contribution in [0, 0.1) is 11.8 Å². The molecule has 0 spiro atoms. The Hall–Kier alpha value is -2.61. The van der Waals surface area contributed by atoms with Crippen LogP contribution in [0.1, 0.15) is 51.0 Å². The first-order chi connectivity index (χ1) is 14.9. The maximum atomic E-state index is 10.3. The number of amides is 3. The van der Waals surface area contributed by atoms with Crippen molar-refractivity contribution in [3.8, 4) is 0 Å². The van der Waals surface area contributed by atoms with Gasteiger partial charge in [-0.05, 0) is 36.3 Å². The maximum Gasteiger partial charge on any atom is 0.306 e. The Morgan fingerprint density at radius 1 is 1.16 bits per heavy atom. The van der Waals surface area contributed by atoms with Crippen molar-refractivity contribution in [2.24, 2.45) is 23.3 Å². The van der Waals surface area contributed by atoms with Gasteiger partial charge >= 0.3 is 11.8 Å². The molecule has 6 N–H and O–H groups in total. The molecule has 1 fully saturated rings. The van der Waals surface area contributed by atoms with E-state index in [1.165, 1.54) is 43.4 Å². The van der Waals surface area contributed by atoms with Crippen molar-refractivity contribution in [2.45, 2.75) is 57.9 Å². The fourth-order valence-corrected chi connectivity index (χ4v) is 3.88. The number of para-hydroxylation sites is 1. The summed E-state index contributed by atoms with van der Waals surface area (Å²) in [5, 5.41) is 6.27. The zero-order valence-corrected chi connectivity index (χ0v) is 18.8. The molecule has 3 rings (SSSR count). The van der Waals surface area contributed by atoms with Crippen LogP contribution in [0.5, 0.6) is 0 Å². The fourth-order valence-electron chi connectivity index (χ4n) is 3.88. The number of hydrogen-bond acceptors (Lipinski definition) is 5. The normalized spacial score (nSPS) is 19.8. The Kier molecular flexibility index (Phi) is 13.0. The van der Waals surface area contributed by atoms with E-state index >= 15 is 0 Å². The smallest absolute Gasteiger partial charge is 0.306 e. The average molecular weight is 435 g/mol. The third kappa shape index (κ3) is 10.8. The summed E-state index contributed by atoms with van der Waals surface area (Å²) < 4.78 is 5.28. The molecule has 0 bridgehead atoms. The van der Waals surface area contributed by atoms with E-state index in [4.69, 9.17) is 4.74 Å². The number of carbonyl (C=O) groups is 3.